The summed E-state index contributed by atoms with van der Waals surface area (Å²) in [5.41, 5.74) is 0.870. The van der Waals surface area contributed by atoms with Crippen LogP contribution >= 0.6 is 0 Å². The van der Waals surface area contributed by atoms with Gasteiger partial charge >= 0.3 is 88.2 Å². The van der Waals surface area contributed by atoms with Crippen LogP contribution < -0.4 is 0 Å². The maximum atomic E-state index is 8.45. The van der Waals surface area contributed by atoms with Gasteiger partial charge in [-0.25, -0.2) is 0 Å². The van der Waals surface area contributed by atoms with E-state index in [4.69, 9.17) is 10.5 Å². The van der Waals surface area contributed by atoms with Gasteiger partial charge in [0, 0.05) is 0 Å². The van der Waals surface area contributed by atoms with Gasteiger partial charge in [-0.05, 0) is 0 Å². The first-order valence-electron chi connectivity index (χ1n) is 2.77. The van der Waals surface area contributed by atoms with Crippen molar-refractivity contribution in [3.63, 3.8) is 0 Å². The van der Waals surface area contributed by atoms with Gasteiger partial charge < -0.3 is 0 Å². The number of nitrogens with zero attached hydrogens (tertiary/aromatic N) is 2. The second-order valence-corrected chi connectivity index (χ2v) is 1.77. The quantitative estimate of drug-likeness (QED) is 0.493. The van der Waals surface area contributed by atoms with Gasteiger partial charge in [-0.3, -0.25) is 0 Å². The zero-order chi connectivity index (χ0) is 7.40. The standard InChI is InChI=1S/C7H3BN2.Na.H/c9-4-6-2-1-3-8-7(6)5-10;;/h1-3H;;. The fourth-order valence-electron chi connectivity index (χ4n) is 0.678. The summed E-state index contributed by atoms with van der Waals surface area (Å²) in [6, 6.07) is 7.21. The Labute approximate surface area is 88.0 Å². The molecular formula is C7H4BN2Na. The molecule has 0 N–H and O–H groups in total. The molecule has 2 nitrogen and oxygen atoms in total. The third-order valence-electron chi connectivity index (χ3n) is 1.17. The van der Waals surface area contributed by atoms with Gasteiger partial charge in [-0.2, -0.15) is 0 Å². The van der Waals surface area contributed by atoms with Crippen LogP contribution in [0.15, 0.2) is 18.1 Å². The van der Waals surface area contributed by atoms with E-state index in [1.165, 1.54) is 0 Å². The molecule has 0 fully saturated rings. The average molecular weight is 150 g/mol. The van der Waals surface area contributed by atoms with E-state index in [9.17, 15) is 0 Å². The van der Waals surface area contributed by atoms with Crippen molar-refractivity contribution in [2.45, 2.75) is 0 Å². The fourth-order valence-corrected chi connectivity index (χ4v) is 0.678. The Morgan fingerprint density at radius 1 is 1.27 bits per heavy atom. The summed E-state index contributed by atoms with van der Waals surface area (Å²) in [5, 5.41) is 16.9. The van der Waals surface area contributed by atoms with Crippen LogP contribution in [0.5, 0.6) is 0 Å². The van der Waals surface area contributed by atoms with E-state index in [1.807, 2.05) is 12.1 Å². The Morgan fingerprint density at radius 2 is 2.00 bits per heavy atom. The first kappa shape index (κ1) is 10.4. The molecule has 0 aromatic carbocycles. The molecule has 0 bridgehead atoms. The number of rotatable bonds is 0. The van der Waals surface area contributed by atoms with Gasteiger partial charge in [0.1, 0.15) is 0 Å². The number of hydrogen-bond acceptors (Lipinski definition) is 2. The van der Waals surface area contributed by atoms with Crippen LogP contribution in [0, 0.1) is 22.7 Å². The first-order chi connectivity index (χ1) is 4.88. The van der Waals surface area contributed by atoms with Crippen LogP contribution in [-0.4, -0.2) is 36.5 Å². The summed E-state index contributed by atoms with van der Waals surface area (Å²) in [4.78, 5) is 0. The summed E-state index contributed by atoms with van der Waals surface area (Å²) >= 11 is 0. The predicted molar refractivity (Wildman–Crippen MR) is 44.4 cm³/mol. The average Bonchev–Trinajstić information content (AvgIpc) is 2.04. The third-order valence-corrected chi connectivity index (χ3v) is 1.17. The van der Waals surface area contributed by atoms with E-state index in [0.717, 1.165) is 0 Å². The molecule has 1 heterocycles. The number of hydrogen-bond donors (Lipinski definition) is 0. The molecule has 0 atom stereocenters. The molecule has 0 spiro atoms. The van der Waals surface area contributed by atoms with Crippen molar-refractivity contribution < 1.29 is 0 Å². The second kappa shape index (κ2) is 5.10. The van der Waals surface area contributed by atoms with Crippen molar-refractivity contribution in [1.29, 1.82) is 10.5 Å². The zero-order valence-electron chi connectivity index (χ0n) is 5.20. The van der Waals surface area contributed by atoms with Crippen LogP contribution in [0.25, 0.3) is 0 Å². The molecule has 1 aromatic heterocycles. The predicted octanol–water partition coefficient (Wildman–Crippen LogP) is 0.120. The fraction of sp³-hybridized carbons (Fsp3) is 0. The normalized spacial score (nSPS) is 6.73. The molecule has 4 heteroatoms. The molecule has 0 unspecified atom stereocenters. The molecule has 0 aliphatic heterocycles. The van der Waals surface area contributed by atoms with Crippen molar-refractivity contribution in [1.82, 2.24) is 0 Å². The van der Waals surface area contributed by atoms with Crippen molar-refractivity contribution >= 4 is 36.5 Å². The Hall–Kier alpha value is -0.605. The van der Waals surface area contributed by atoms with Crippen LogP contribution in [0.1, 0.15) is 11.0 Å². The maximum absolute atomic E-state index is 8.45. The SMILES string of the molecule is N#Cc1bcccc1C#N.[NaH]. The van der Waals surface area contributed by atoms with E-state index in [2.05, 4.69) is 0 Å². The summed E-state index contributed by atoms with van der Waals surface area (Å²) < 4.78 is 0. The van der Waals surface area contributed by atoms with E-state index in [-0.39, 0.29) is 29.6 Å². The van der Waals surface area contributed by atoms with Gasteiger partial charge in [-0.1, -0.05) is 0 Å². The van der Waals surface area contributed by atoms with Gasteiger partial charge in [0.25, 0.3) is 0 Å². The van der Waals surface area contributed by atoms with E-state index >= 15 is 0 Å². The van der Waals surface area contributed by atoms with Crippen molar-refractivity contribution in [2.24, 2.45) is 0 Å². The van der Waals surface area contributed by atoms with Crippen molar-refractivity contribution in [2.75, 3.05) is 0 Å². The Morgan fingerprint density at radius 3 is 2.45 bits per heavy atom. The van der Waals surface area contributed by atoms with E-state index in [1.54, 1.807) is 25.0 Å². The van der Waals surface area contributed by atoms with Crippen molar-refractivity contribution in [3.8, 4) is 12.1 Å². The monoisotopic (exact) mass is 150 g/mol. The second-order valence-electron chi connectivity index (χ2n) is 1.77. The van der Waals surface area contributed by atoms with Crippen LogP contribution in [-0.2, 0) is 0 Å². The van der Waals surface area contributed by atoms with Crippen LogP contribution in [0.4, 0.5) is 0 Å². The summed E-state index contributed by atoms with van der Waals surface area (Å²) in [6.07, 6.45) is 0. The number of nitriles is 2. The Bertz CT molecular complexity index is 291. The molecule has 11 heavy (non-hydrogen) atoms. The molecular weight excluding hydrogens is 146 g/mol. The minimum absolute atomic E-state index is 0. The molecule has 0 amide bonds. The zero-order valence-corrected chi connectivity index (χ0v) is 5.20. The minimum atomic E-state index is 0. The summed E-state index contributed by atoms with van der Waals surface area (Å²) in [6.45, 7) is 1.62. The van der Waals surface area contributed by atoms with Gasteiger partial charge in [0.15, 0.2) is 0 Å². The van der Waals surface area contributed by atoms with Crippen molar-refractivity contribution in [3.05, 3.63) is 29.1 Å². The summed E-state index contributed by atoms with van der Waals surface area (Å²) in [5.74, 6) is 1.74. The van der Waals surface area contributed by atoms with E-state index < -0.39 is 0 Å². The molecule has 0 radical (unpaired) electrons. The topological polar surface area (TPSA) is 47.6 Å². The Balaban J connectivity index is 0.000001000. The molecule has 1 rings (SSSR count). The molecule has 0 aliphatic carbocycles. The van der Waals surface area contributed by atoms with Crippen LogP contribution in [0.2, 0.25) is 0 Å². The van der Waals surface area contributed by atoms with E-state index in [0.29, 0.717) is 11.0 Å². The third kappa shape index (κ3) is 2.48. The van der Waals surface area contributed by atoms with Gasteiger partial charge in [-0.15, -0.1) is 0 Å². The molecule has 0 saturated heterocycles. The molecule has 0 saturated carbocycles. The molecule has 46 valence electrons. The van der Waals surface area contributed by atoms with Gasteiger partial charge in [0.2, 0.25) is 0 Å². The molecule has 1 aromatic rings. The summed E-state index contributed by atoms with van der Waals surface area (Å²) in [7, 11) is 0. The van der Waals surface area contributed by atoms with Gasteiger partial charge in [0.05, 0.1) is 0 Å². The molecule has 0 aliphatic rings. The van der Waals surface area contributed by atoms with Crippen LogP contribution in [0.3, 0.4) is 0 Å². The Kier molecular flexibility index (Phi) is 4.82. The first-order valence-corrected chi connectivity index (χ1v) is 2.77.